The Hall–Kier alpha value is -5.12. The number of phenolic OH excluding ortho intramolecular Hbond substituents is 1. The Morgan fingerprint density at radius 1 is 0.755 bits per heavy atom. The molecule has 0 aliphatic rings. The van der Waals surface area contributed by atoms with Crippen molar-refractivity contribution in [1.29, 1.82) is 0 Å². The number of amides is 1. The zero-order chi connectivity index (χ0) is 34.4. The number of carboxylic acids is 1. The van der Waals surface area contributed by atoms with Crippen LogP contribution in [0.5, 0.6) is 17.2 Å². The van der Waals surface area contributed by atoms with E-state index in [0.717, 1.165) is 12.8 Å². The van der Waals surface area contributed by atoms with Gasteiger partial charge in [0, 0.05) is 10.8 Å². The Kier molecular flexibility index (Phi) is 12.8. The van der Waals surface area contributed by atoms with Gasteiger partial charge in [-0.15, -0.1) is 5.10 Å². The van der Waals surface area contributed by atoms with Crippen LogP contribution in [0.25, 0.3) is 21.8 Å². The Morgan fingerprint density at radius 2 is 1.41 bits per heavy atom. The lowest BCUT2D eigenvalue weighted by Gasteiger charge is -2.16. The van der Waals surface area contributed by atoms with Crippen molar-refractivity contribution in [3.63, 3.8) is 0 Å². The van der Waals surface area contributed by atoms with Crippen molar-refractivity contribution in [3.8, 4) is 17.2 Å². The molecule has 49 heavy (non-hydrogen) atoms. The van der Waals surface area contributed by atoms with Crippen LogP contribution < -0.4 is 14.8 Å². The molecule has 0 bridgehead atoms. The van der Waals surface area contributed by atoms with Crippen LogP contribution in [0.4, 0.5) is 5.69 Å². The predicted octanol–water partition coefficient (Wildman–Crippen LogP) is 9.36. The number of fused-ring (bicyclic) bond motifs is 2. The molecule has 0 saturated carbocycles. The molecule has 0 aliphatic heterocycles. The number of unbranched alkanes of at least 4 members (excludes halogenated alkanes) is 11. The summed E-state index contributed by atoms with van der Waals surface area (Å²) in [5.41, 5.74) is 1.64. The van der Waals surface area contributed by atoms with Gasteiger partial charge < -0.3 is 25.0 Å². The summed E-state index contributed by atoms with van der Waals surface area (Å²) in [4.78, 5) is 25.1. The lowest BCUT2D eigenvalue weighted by Crippen LogP contribution is -2.14. The highest BCUT2D eigenvalue weighted by Gasteiger charge is 2.20. The highest BCUT2D eigenvalue weighted by atomic mass is 16.5. The van der Waals surface area contributed by atoms with E-state index in [1.807, 2.05) is 24.3 Å². The van der Waals surface area contributed by atoms with Crippen molar-refractivity contribution >= 4 is 39.4 Å². The number of rotatable bonds is 20. The third kappa shape index (κ3) is 9.49. The topological polar surface area (TPSA) is 136 Å². The smallest absolute Gasteiger partial charge is 0.335 e. The second kappa shape index (κ2) is 17.9. The maximum atomic E-state index is 13.6. The van der Waals surface area contributed by atoms with Crippen LogP contribution in [0.3, 0.4) is 0 Å². The first-order chi connectivity index (χ1) is 24.0. The first kappa shape index (κ1) is 35.2. The normalized spacial score (nSPS) is 11.2. The van der Waals surface area contributed by atoms with Crippen molar-refractivity contribution in [2.75, 3.05) is 11.9 Å². The summed E-state index contributed by atoms with van der Waals surface area (Å²) in [5.74, 6) is -0.853. The van der Waals surface area contributed by atoms with Crippen LogP contribution >= 0.6 is 0 Å². The van der Waals surface area contributed by atoms with E-state index in [9.17, 15) is 19.8 Å². The quantitative estimate of drug-likeness (QED) is 0.0699. The number of carbonyl (C=O) groups is 2. The van der Waals surface area contributed by atoms with E-state index in [0.29, 0.717) is 45.6 Å². The van der Waals surface area contributed by atoms with Gasteiger partial charge in [0.05, 0.1) is 28.9 Å². The van der Waals surface area contributed by atoms with Gasteiger partial charge in [-0.25, -0.2) is 9.48 Å². The van der Waals surface area contributed by atoms with Crippen LogP contribution in [0.1, 0.15) is 105 Å². The average Bonchev–Trinajstić information content (AvgIpc) is 3.53. The van der Waals surface area contributed by atoms with Crippen LogP contribution in [0, 0.1) is 0 Å². The van der Waals surface area contributed by atoms with E-state index in [4.69, 9.17) is 9.47 Å². The number of aromatic nitrogens is 3. The van der Waals surface area contributed by atoms with Gasteiger partial charge in [-0.1, -0.05) is 119 Å². The van der Waals surface area contributed by atoms with Gasteiger partial charge in [0.1, 0.15) is 22.8 Å². The fourth-order valence-corrected chi connectivity index (χ4v) is 5.95. The SMILES string of the molecule is CCCCCCCCCCCCCCOc1ccccc1NC(=O)c1cc(OCn2nnc3ccc(C(=O)O)cc32)c2ccccc2c1O. The number of phenols is 1. The molecule has 0 radical (unpaired) electrons. The number of hydrogen-bond acceptors (Lipinski definition) is 7. The molecule has 1 heterocycles. The summed E-state index contributed by atoms with van der Waals surface area (Å²) in [5, 5.41) is 32.7. The lowest BCUT2D eigenvalue weighted by molar-refractivity contribution is 0.0696. The van der Waals surface area contributed by atoms with Gasteiger partial charge in [0.15, 0.2) is 6.73 Å². The first-order valence-electron chi connectivity index (χ1n) is 17.4. The van der Waals surface area contributed by atoms with Gasteiger partial charge in [0.25, 0.3) is 5.91 Å². The number of hydrogen-bond donors (Lipinski definition) is 3. The van der Waals surface area contributed by atoms with E-state index in [1.165, 1.54) is 87.1 Å². The molecule has 4 aromatic carbocycles. The lowest BCUT2D eigenvalue weighted by atomic mass is 10.0. The molecule has 0 spiro atoms. The van der Waals surface area contributed by atoms with E-state index in [2.05, 4.69) is 22.6 Å². The van der Waals surface area contributed by atoms with Crippen LogP contribution in [0.15, 0.2) is 72.8 Å². The molecule has 0 saturated heterocycles. The number of nitrogens with zero attached hydrogens (tertiary/aromatic N) is 3. The van der Waals surface area contributed by atoms with E-state index in [-0.39, 0.29) is 23.6 Å². The van der Waals surface area contributed by atoms with Crippen molar-refractivity contribution < 1.29 is 29.3 Å². The second-order valence-corrected chi connectivity index (χ2v) is 12.4. The molecule has 0 unspecified atom stereocenters. The number of anilines is 1. The zero-order valence-electron chi connectivity index (χ0n) is 28.2. The maximum absolute atomic E-state index is 13.6. The van der Waals surface area contributed by atoms with Gasteiger partial charge in [-0.2, -0.15) is 0 Å². The Bertz CT molecular complexity index is 1850. The summed E-state index contributed by atoms with van der Waals surface area (Å²) in [7, 11) is 0. The molecular formula is C39H46N4O6. The van der Waals surface area contributed by atoms with Crippen LogP contribution in [0.2, 0.25) is 0 Å². The third-order valence-electron chi connectivity index (χ3n) is 8.72. The maximum Gasteiger partial charge on any atom is 0.335 e. The number of carboxylic acid groups (broad SMARTS) is 1. The second-order valence-electron chi connectivity index (χ2n) is 12.4. The Labute approximate surface area is 287 Å². The summed E-state index contributed by atoms with van der Waals surface area (Å²) >= 11 is 0. The van der Waals surface area contributed by atoms with E-state index < -0.39 is 11.9 Å². The number of aromatic hydroxyl groups is 1. The Balaban J connectivity index is 1.18. The molecule has 5 aromatic rings. The van der Waals surface area contributed by atoms with Gasteiger partial charge >= 0.3 is 5.97 Å². The molecule has 0 atom stereocenters. The molecule has 0 fully saturated rings. The first-order valence-corrected chi connectivity index (χ1v) is 17.4. The van der Waals surface area contributed by atoms with Crippen molar-refractivity contribution in [1.82, 2.24) is 15.0 Å². The number of carbonyl (C=O) groups excluding carboxylic acids is 1. The molecular weight excluding hydrogens is 620 g/mol. The largest absolute Gasteiger partial charge is 0.506 e. The Morgan fingerprint density at radius 3 is 2.12 bits per heavy atom. The highest BCUT2D eigenvalue weighted by Crippen LogP contribution is 2.37. The van der Waals surface area contributed by atoms with Gasteiger partial charge in [0.2, 0.25) is 0 Å². The number of aromatic carboxylic acids is 1. The molecule has 0 aliphatic carbocycles. The molecule has 5 rings (SSSR count). The van der Waals surface area contributed by atoms with Crippen molar-refractivity contribution in [2.45, 2.75) is 90.7 Å². The molecule has 3 N–H and O–H groups in total. The summed E-state index contributed by atoms with van der Waals surface area (Å²) in [6.45, 7) is 2.70. The molecule has 10 heteroatoms. The van der Waals surface area contributed by atoms with Gasteiger partial charge in [-0.3, -0.25) is 4.79 Å². The van der Waals surface area contributed by atoms with Gasteiger partial charge in [-0.05, 0) is 42.8 Å². The molecule has 1 amide bonds. The number of para-hydroxylation sites is 2. The van der Waals surface area contributed by atoms with Crippen molar-refractivity contribution in [2.24, 2.45) is 0 Å². The predicted molar refractivity (Wildman–Crippen MR) is 192 cm³/mol. The fourth-order valence-electron chi connectivity index (χ4n) is 5.95. The third-order valence-corrected chi connectivity index (χ3v) is 8.72. The summed E-state index contributed by atoms with van der Waals surface area (Å²) in [6, 6.07) is 20.4. The standard InChI is InChI=1S/C39H46N4O6/c1-2-3-4-5-6-7-8-9-10-11-12-17-24-48-35-21-16-15-20-33(35)40-38(45)31-26-36(29-18-13-14-19-30(29)37(31)44)49-27-43-34-25-28(39(46)47)22-23-32(34)41-42-43/h13-16,18-23,25-26,44H,2-12,17,24,27H2,1H3,(H,40,45)(H,46,47). The minimum Gasteiger partial charge on any atom is -0.506 e. The summed E-state index contributed by atoms with van der Waals surface area (Å²) < 4.78 is 13.6. The molecule has 258 valence electrons. The zero-order valence-corrected chi connectivity index (χ0v) is 28.2. The molecule has 10 nitrogen and oxygen atoms in total. The van der Waals surface area contributed by atoms with E-state index in [1.54, 1.807) is 30.3 Å². The highest BCUT2D eigenvalue weighted by molar-refractivity contribution is 6.11. The fraction of sp³-hybridized carbons (Fsp3) is 0.385. The molecule has 1 aromatic heterocycles. The average molecular weight is 667 g/mol. The minimum absolute atomic E-state index is 0.0288. The number of ether oxygens (including phenoxy) is 2. The summed E-state index contributed by atoms with van der Waals surface area (Å²) in [6.07, 6.45) is 15.2. The number of benzene rings is 4. The van der Waals surface area contributed by atoms with Crippen LogP contribution in [-0.4, -0.2) is 43.7 Å². The monoisotopic (exact) mass is 666 g/mol. The minimum atomic E-state index is -1.06. The van der Waals surface area contributed by atoms with Crippen molar-refractivity contribution in [3.05, 3.63) is 83.9 Å². The number of nitrogens with one attached hydrogen (secondary N) is 1. The van der Waals surface area contributed by atoms with Crippen LogP contribution in [-0.2, 0) is 6.73 Å². The van der Waals surface area contributed by atoms with E-state index >= 15 is 0 Å².